The molecule has 192 valence electrons. The lowest BCUT2D eigenvalue weighted by Gasteiger charge is -2.28. The van der Waals surface area contributed by atoms with Crippen LogP contribution in [-0.2, 0) is 9.59 Å². The number of hydrogen-bond donors (Lipinski definition) is 0. The molecule has 38 heavy (non-hydrogen) atoms. The maximum atomic E-state index is 14.0. The number of benzene rings is 3. The number of hydrazone groups is 2. The van der Waals surface area contributed by atoms with Crippen LogP contribution in [0.2, 0.25) is 10.0 Å². The number of halogens is 2. The van der Waals surface area contributed by atoms with Gasteiger partial charge in [-0.25, -0.2) is 10.0 Å². The van der Waals surface area contributed by atoms with Crippen LogP contribution in [0, 0.1) is 11.8 Å². The van der Waals surface area contributed by atoms with E-state index in [0.717, 1.165) is 5.56 Å². The third-order valence-corrected chi connectivity index (χ3v) is 7.51. The summed E-state index contributed by atoms with van der Waals surface area (Å²) >= 11 is 12.1. The van der Waals surface area contributed by atoms with E-state index >= 15 is 0 Å². The van der Waals surface area contributed by atoms with Crippen molar-refractivity contribution in [3.8, 4) is 11.5 Å². The first-order valence-electron chi connectivity index (χ1n) is 12.0. The molecule has 8 nitrogen and oxygen atoms in total. The highest BCUT2D eigenvalue weighted by Gasteiger charge is 2.50. The first-order valence-corrected chi connectivity index (χ1v) is 12.8. The van der Waals surface area contributed by atoms with Crippen molar-refractivity contribution < 1.29 is 19.1 Å². The highest BCUT2D eigenvalue weighted by molar-refractivity contribution is 6.31. The van der Waals surface area contributed by atoms with E-state index in [4.69, 9.17) is 32.7 Å². The van der Waals surface area contributed by atoms with Crippen molar-refractivity contribution in [2.75, 3.05) is 16.8 Å². The summed E-state index contributed by atoms with van der Waals surface area (Å²) in [5.41, 5.74) is 3.13. The molecule has 3 aromatic rings. The van der Waals surface area contributed by atoms with Crippen LogP contribution < -0.4 is 19.5 Å². The number of rotatable bonds is 5. The molecule has 3 aliphatic heterocycles. The maximum absolute atomic E-state index is 14.0. The van der Waals surface area contributed by atoms with Crippen molar-refractivity contribution in [3.05, 3.63) is 82.3 Å². The zero-order chi connectivity index (χ0) is 26.6. The Morgan fingerprint density at radius 1 is 0.737 bits per heavy atom. The Morgan fingerprint density at radius 3 is 1.71 bits per heavy atom. The minimum Gasteiger partial charge on any atom is -0.454 e. The van der Waals surface area contributed by atoms with E-state index in [1.807, 2.05) is 12.1 Å². The van der Waals surface area contributed by atoms with Gasteiger partial charge in [0, 0.05) is 27.4 Å². The van der Waals surface area contributed by atoms with Crippen LogP contribution in [0.5, 0.6) is 11.5 Å². The van der Waals surface area contributed by atoms with Gasteiger partial charge in [0.1, 0.15) is 0 Å². The predicted molar refractivity (Wildman–Crippen MR) is 146 cm³/mol. The maximum Gasteiger partial charge on any atom is 0.256 e. The molecule has 0 saturated carbocycles. The van der Waals surface area contributed by atoms with Crippen LogP contribution in [0.15, 0.2) is 76.9 Å². The van der Waals surface area contributed by atoms with Gasteiger partial charge in [0.25, 0.3) is 11.8 Å². The zero-order valence-corrected chi connectivity index (χ0v) is 22.0. The molecule has 0 aliphatic carbocycles. The van der Waals surface area contributed by atoms with Crippen LogP contribution in [0.3, 0.4) is 0 Å². The summed E-state index contributed by atoms with van der Waals surface area (Å²) in [7, 11) is 0. The second kappa shape index (κ2) is 9.45. The van der Waals surface area contributed by atoms with Gasteiger partial charge < -0.3 is 9.47 Å². The molecule has 0 fully saturated rings. The SMILES string of the molecule is CC1=NN(c2ccc(Cl)cc2)C(=O)[C@H]1C(c1ccc2c(c1)OCO2)[C@@H]1C(=O)N(c2ccc(Cl)cc2)N=C1C. The molecule has 3 aliphatic rings. The minimum absolute atomic E-state index is 0.115. The number of amides is 2. The number of fused-ring (bicyclic) bond motifs is 1. The standard InChI is InChI=1S/C28H22Cl2N4O4/c1-15-24(27(35)33(31-15)20-8-4-18(29)5-9-20)26(17-3-12-22-23(13-17)38-14-37-22)25-16(2)32-34(28(25)36)21-10-6-19(30)7-11-21/h3-13,24-26H,14H2,1-2H3/t24-,25-/m1/s1. The Bertz CT molecular complexity index is 1420. The fraction of sp³-hybridized carbons (Fsp3) is 0.214. The van der Waals surface area contributed by atoms with Crippen LogP contribution in [-0.4, -0.2) is 30.0 Å². The van der Waals surface area contributed by atoms with Crippen molar-refractivity contribution in [1.82, 2.24) is 0 Å². The third-order valence-electron chi connectivity index (χ3n) is 7.01. The molecule has 0 saturated heterocycles. The highest BCUT2D eigenvalue weighted by atomic mass is 35.5. The topological polar surface area (TPSA) is 83.8 Å². The quantitative estimate of drug-likeness (QED) is 0.398. The summed E-state index contributed by atoms with van der Waals surface area (Å²) in [6.07, 6.45) is 0. The molecule has 0 bridgehead atoms. The predicted octanol–water partition coefficient (Wildman–Crippen LogP) is 5.88. The van der Waals surface area contributed by atoms with Gasteiger partial charge >= 0.3 is 0 Å². The summed E-state index contributed by atoms with van der Waals surface area (Å²) in [5.74, 6) is -1.31. The Hall–Kier alpha value is -3.88. The van der Waals surface area contributed by atoms with E-state index in [1.54, 1.807) is 68.4 Å². The van der Waals surface area contributed by atoms with Gasteiger partial charge in [-0.2, -0.15) is 10.2 Å². The van der Waals surface area contributed by atoms with Crippen LogP contribution in [0.4, 0.5) is 11.4 Å². The Kier molecular flexibility index (Phi) is 6.08. The molecule has 0 radical (unpaired) electrons. The van der Waals surface area contributed by atoms with Crippen LogP contribution >= 0.6 is 23.2 Å². The lowest BCUT2D eigenvalue weighted by molar-refractivity contribution is -0.122. The Morgan fingerprint density at radius 2 is 1.21 bits per heavy atom. The van der Waals surface area contributed by atoms with Crippen molar-refractivity contribution >= 4 is 57.8 Å². The van der Waals surface area contributed by atoms with Gasteiger partial charge in [0.05, 0.1) is 23.2 Å². The second-order valence-electron chi connectivity index (χ2n) is 9.33. The molecular weight excluding hydrogens is 527 g/mol. The Balaban J connectivity index is 1.42. The van der Waals surface area contributed by atoms with E-state index in [2.05, 4.69) is 10.2 Å². The lowest BCUT2D eigenvalue weighted by Crippen LogP contribution is -2.40. The number of ether oxygens (including phenoxy) is 2. The Labute approximate surface area is 229 Å². The second-order valence-corrected chi connectivity index (χ2v) is 10.2. The minimum atomic E-state index is -0.713. The molecule has 0 spiro atoms. The lowest BCUT2D eigenvalue weighted by atomic mass is 9.73. The molecule has 3 heterocycles. The van der Waals surface area contributed by atoms with E-state index in [9.17, 15) is 9.59 Å². The fourth-order valence-electron chi connectivity index (χ4n) is 5.22. The molecule has 2 atom stereocenters. The summed E-state index contributed by atoms with van der Waals surface area (Å²) in [6.45, 7) is 3.73. The van der Waals surface area contributed by atoms with Crippen molar-refractivity contribution in [1.29, 1.82) is 0 Å². The summed E-state index contributed by atoms with van der Waals surface area (Å²) in [6, 6.07) is 19.3. The average molecular weight is 549 g/mol. The van der Waals surface area contributed by atoms with Gasteiger partial charge in [-0.15, -0.1) is 0 Å². The van der Waals surface area contributed by atoms with Gasteiger partial charge in [0.15, 0.2) is 11.5 Å². The number of nitrogens with zero attached hydrogens (tertiary/aromatic N) is 4. The molecule has 10 heteroatoms. The van der Waals surface area contributed by atoms with Gasteiger partial charge in [-0.3, -0.25) is 9.59 Å². The van der Waals surface area contributed by atoms with E-state index < -0.39 is 17.8 Å². The van der Waals surface area contributed by atoms with Gasteiger partial charge in [0.2, 0.25) is 6.79 Å². The molecule has 0 N–H and O–H groups in total. The molecule has 6 rings (SSSR count). The van der Waals surface area contributed by atoms with Crippen molar-refractivity contribution in [3.63, 3.8) is 0 Å². The summed E-state index contributed by atoms with van der Waals surface area (Å²) in [4.78, 5) is 27.9. The largest absolute Gasteiger partial charge is 0.454 e. The highest BCUT2D eigenvalue weighted by Crippen LogP contribution is 2.45. The molecule has 2 amide bonds. The summed E-state index contributed by atoms with van der Waals surface area (Å²) in [5, 5.41) is 13.1. The van der Waals surface area contributed by atoms with Gasteiger partial charge in [-0.05, 0) is 80.1 Å². The number of anilines is 2. The number of carbonyl (C=O) groups is 2. The average Bonchev–Trinajstić information content (AvgIpc) is 3.58. The smallest absolute Gasteiger partial charge is 0.256 e. The monoisotopic (exact) mass is 548 g/mol. The molecule has 3 aromatic carbocycles. The first kappa shape index (κ1) is 24.5. The summed E-state index contributed by atoms with van der Waals surface area (Å²) < 4.78 is 11.1. The molecule has 0 unspecified atom stereocenters. The number of carbonyl (C=O) groups excluding carboxylic acids is 2. The van der Waals surface area contributed by atoms with E-state index in [-0.39, 0.29) is 18.6 Å². The fourth-order valence-corrected chi connectivity index (χ4v) is 5.47. The van der Waals surface area contributed by atoms with E-state index in [1.165, 1.54) is 10.0 Å². The first-order chi connectivity index (χ1) is 18.3. The molecule has 0 aromatic heterocycles. The molecular formula is C28H22Cl2N4O4. The van der Waals surface area contributed by atoms with E-state index in [0.29, 0.717) is 44.3 Å². The zero-order valence-electron chi connectivity index (χ0n) is 20.5. The van der Waals surface area contributed by atoms with Crippen molar-refractivity contribution in [2.24, 2.45) is 22.0 Å². The van der Waals surface area contributed by atoms with Crippen LogP contribution in [0.25, 0.3) is 0 Å². The van der Waals surface area contributed by atoms with Gasteiger partial charge in [-0.1, -0.05) is 29.3 Å². The third kappa shape index (κ3) is 4.10. The number of hydrogen-bond acceptors (Lipinski definition) is 6. The van der Waals surface area contributed by atoms with Crippen molar-refractivity contribution in [2.45, 2.75) is 19.8 Å². The normalized spacial score (nSPS) is 20.4. The van der Waals surface area contributed by atoms with Crippen LogP contribution in [0.1, 0.15) is 25.3 Å².